The fourth-order valence-corrected chi connectivity index (χ4v) is 12.6. The zero-order valence-electron chi connectivity index (χ0n) is 42.0. The number of Topliss-reactive ketones (excluding diaryl/α,β-unsaturated/α-hetero) is 1. The Morgan fingerprint density at radius 3 is 2.32 bits per heavy atom. The molecule has 0 radical (unpaired) electrons. The number of fused-ring (bicyclic) bond motifs is 8. The molecule has 2 fully saturated rings. The summed E-state index contributed by atoms with van der Waals surface area (Å²) in [6.45, 7) is 3.45. The molecule has 1 amide bonds. The van der Waals surface area contributed by atoms with Crippen LogP contribution >= 0.6 is 21.6 Å². The average Bonchev–Trinajstić information content (AvgIpc) is 3.85. The number of aromatic nitrogens is 2. The molecule has 0 aliphatic carbocycles. The largest absolute Gasteiger partial charge is 0.493 e. The molecule has 0 saturated carbocycles. The molecule has 2 atom stereocenters. The van der Waals surface area contributed by atoms with Crippen molar-refractivity contribution in [3.8, 4) is 23.0 Å². The van der Waals surface area contributed by atoms with Crippen LogP contribution in [0.5, 0.6) is 23.0 Å². The van der Waals surface area contributed by atoms with Crippen LogP contribution in [0.2, 0.25) is 0 Å². The summed E-state index contributed by atoms with van der Waals surface area (Å²) < 4.78 is 35.8. The first kappa shape index (κ1) is 51.9. The molecule has 15 nitrogen and oxygen atoms in total. The molecule has 0 spiro atoms. The van der Waals surface area contributed by atoms with Crippen molar-refractivity contribution in [3.05, 3.63) is 106 Å². The van der Waals surface area contributed by atoms with E-state index in [1.165, 1.54) is 18.4 Å². The molecule has 2 unspecified atom stereocenters. The number of methoxy groups -OCH3 is 2. The minimum Gasteiger partial charge on any atom is -0.493 e. The minimum atomic E-state index is -0.522. The molecular weight excluding hydrogens is 969 g/mol. The van der Waals surface area contributed by atoms with E-state index in [0.29, 0.717) is 80.9 Å². The van der Waals surface area contributed by atoms with Crippen molar-refractivity contribution in [2.45, 2.75) is 120 Å². The molecule has 2 bridgehead atoms. The zero-order chi connectivity index (χ0) is 51.0. The van der Waals surface area contributed by atoms with E-state index in [9.17, 15) is 24.3 Å². The number of nitrogens with zero attached hydrogens (tertiary/aromatic N) is 4. The van der Waals surface area contributed by atoms with Crippen molar-refractivity contribution in [2.24, 2.45) is 0 Å². The highest BCUT2D eigenvalue weighted by Crippen LogP contribution is 2.41. The van der Waals surface area contributed by atoms with Crippen LogP contribution in [0.25, 0.3) is 32.6 Å². The molecule has 386 valence electrons. The smallest absolute Gasteiger partial charge is 0.409 e. The summed E-state index contributed by atoms with van der Waals surface area (Å²) in [7, 11) is 8.00. The normalized spacial score (nSPS) is 17.2. The highest BCUT2D eigenvalue weighted by atomic mass is 33.1. The van der Waals surface area contributed by atoms with E-state index in [1.807, 2.05) is 55.5 Å². The summed E-state index contributed by atoms with van der Waals surface area (Å²) in [5.74, 6) is 2.86. The molecule has 2 saturated heterocycles. The zero-order valence-corrected chi connectivity index (χ0v) is 43.7. The van der Waals surface area contributed by atoms with Gasteiger partial charge < -0.3 is 43.0 Å². The van der Waals surface area contributed by atoms with Crippen LogP contribution < -0.4 is 24.5 Å². The number of piperidine rings is 2. The molecule has 2 aromatic heterocycles. The van der Waals surface area contributed by atoms with Crippen LogP contribution in [-0.4, -0.2) is 107 Å². The van der Waals surface area contributed by atoms with Gasteiger partial charge in [0.1, 0.15) is 18.5 Å². The number of likely N-dealkylation sites (N-methyl/N-ethyl adjacent to an activating group) is 1. The SMILES string of the molecule is COc1cc2c(=O)n(CCN(C)C(=O)OCc3ccc(SSCCC(=O)CCCCCN4C5CCCC4CC(OC(=O)Cc4cc(C)ccc4CO)C5)cc3)c3c4cc5c(cc4ncc3c2cc1OC)OCO5. The van der Waals surface area contributed by atoms with E-state index in [0.717, 1.165) is 89.8 Å². The second-order valence-corrected chi connectivity index (χ2v) is 21.7. The number of carbonyl (C=O) groups excluding carboxylic acids is 3. The summed E-state index contributed by atoms with van der Waals surface area (Å²) in [6, 6.07) is 21.6. The van der Waals surface area contributed by atoms with Crippen LogP contribution in [0.4, 0.5) is 4.79 Å². The summed E-state index contributed by atoms with van der Waals surface area (Å²) in [4.78, 5) is 63.2. The highest BCUT2D eigenvalue weighted by molar-refractivity contribution is 8.76. The number of aliphatic hydroxyl groups is 1. The van der Waals surface area contributed by atoms with Gasteiger partial charge in [-0.15, -0.1) is 0 Å². The summed E-state index contributed by atoms with van der Waals surface area (Å²) >= 11 is 0. The second kappa shape index (κ2) is 23.9. The van der Waals surface area contributed by atoms with E-state index in [-0.39, 0.29) is 57.1 Å². The fourth-order valence-electron chi connectivity index (χ4n) is 10.6. The van der Waals surface area contributed by atoms with Gasteiger partial charge in [-0.1, -0.05) is 70.3 Å². The molecule has 4 aromatic carbocycles. The Labute approximate surface area is 433 Å². The first-order valence-corrected chi connectivity index (χ1v) is 27.5. The number of aliphatic hydroxyl groups excluding tert-OH is 1. The molecular formula is C56H64N4O11S2. The Morgan fingerprint density at radius 1 is 0.836 bits per heavy atom. The van der Waals surface area contributed by atoms with E-state index in [1.54, 1.807) is 64.7 Å². The standard InChI is InChI=1S/C56H64N4O11S2/c1-35-12-15-37(32-61)38(23-35)24-53(63)71-42-25-39-9-8-10-40(26-42)59(39)19-7-5-6-11-41(62)18-22-72-73-43-16-13-36(14-17-43)33-68-56(65)58(2)20-21-60-54-46-29-51-52(70-34-69-51)30-48(46)57-31-47(54)44-27-49(66-3)50(67-4)28-45(44)55(60)64/h12-17,23,27-31,39-40,42,61H,5-11,18-22,24-26,32-34H2,1-4H3. The Bertz CT molecular complexity index is 3030. The Kier molecular flexibility index (Phi) is 17.0. The van der Waals surface area contributed by atoms with Gasteiger partial charge in [0.25, 0.3) is 5.56 Å². The lowest BCUT2D eigenvalue weighted by molar-refractivity contribution is -0.154. The number of unbranched alkanes of at least 4 members (excludes halogenated alkanes) is 2. The van der Waals surface area contributed by atoms with Gasteiger partial charge in [0.2, 0.25) is 6.79 Å². The van der Waals surface area contributed by atoms with Gasteiger partial charge in [-0.25, -0.2) is 4.79 Å². The topological polar surface area (TPSA) is 168 Å². The van der Waals surface area contributed by atoms with Crippen molar-refractivity contribution >= 4 is 72.0 Å². The molecule has 73 heavy (non-hydrogen) atoms. The average molecular weight is 1030 g/mol. The number of esters is 1. The Hall–Kier alpha value is -6.01. The maximum Gasteiger partial charge on any atom is 0.409 e. The number of aryl methyl sites for hydroxylation is 1. The molecule has 3 aliphatic rings. The lowest BCUT2D eigenvalue weighted by Crippen LogP contribution is -2.54. The van der Waals surface area contributed by atoms with Crippen molar-refractivity contribution in [1.82, 2.24) is 19.4 Å². The number of hydrogen-bond acceptors (Lipinski definition) is 15. The number of pyridine rings is 2. The van der Waals surface area contributed by atoms with Gasteiger partial charge in [0.15, 0.2) is 23.0 Å². The predicted molar refractivity (Wildman–Crippen MR) is 284 cm³/mol. The van der Waals surface area contributed by atoms with Crippen LogP contribution in [-0.2, 0) is 45.2 Å². The van der Waals surface area contributed by atoms with Crippen LogP contribution in [0, 0.1) is 6.92 Å². The van der Waals surface area contributed by atoms with Gasteiger partial charge in [-0.3, -0.25) is 24.3 Å². The fraction of sp³-hybridized carbons (Fsp3) is 0.446. The van der Waals surface area contributed by atoms with Crippen molar-refractivity contribution < 1.29 is 47.9 Å². The Balaban J connectivity index is 0.684. The highest BCUT2D eigenvalue weighted by Gasteiger charge is 2.39. The summed E-state index contributed by atoms with van der Waals surface area (Å²) in [5.41, 5.74) is 4.53. The first-order valence-electron chi connectivity index (χ1n) is 25.2. The molecule has 17 heteroatoms. The lowest BCUT2D eigenvalue weighted by Gasteiger charge is -2.48. The third kappa shape index (κ3) is 12.2. The number of carbonyl (C=O) groups is 3. The summed E-state index contributed by atoms with van der Waals surface area (Å²) in [6.07, 6.45) is 10.7. The number of rotatable bonds is 22. The van der Waals surface area contributed by atoms with Gasteiger partial charge in [-0.2, -0.15) is 0 Å². The monoisotopic (exact) mass is 1030 g/mol. The maximum absolute atomic E-state index is 14.3. The third-order valence-corrected chi connectivity index (χ3v) is 16.8. The molecule has 6 aromatic rings. The van der Waals surface area contributed by atoms with E-state index in [2.05, 4.69) is 4.90 Å². The van der Waals surface area contributed by atoms with E-state index in [4.69, 9.17) is 33.4 Å². The molecule has 1 N–H and O–H groups in total. The van der Waals surface area contributed by atoms with E-state index >= 15 is 0 Å². The van der Waals surface area contributed by atoms with Crippen LogP contribution in [0.15, 0.2) is 82.6 Å². The Morgan fingerprint density at radius 2 is 1.58 bits per heavy atom. The van der Waals surface area contributed by atoms with Gasteiger partial charge in [0, 0.05) is 97.0 Å². The van der Waals surface area contributed by atoms with Crippen LogP contribution in [0.1, 0.15) is 86.5 Å². The van der Waals surface area contributed by atoms with Crippen molar-refractivity contribution in [2.75, 3.05) is 46.9 Å². The van der Waals surface area contributed by atoms with Gasteiger partial charge >= 0.3 is 12.1 Å². The number of ether oxygens (including phenoxy) is 6. The number of hydrogen-bond donors (Lipinski definition) is 1. The predicted octanol–water partition coefficient (Wildman–Crippen LogP) is 9.95. The van der Waals surface area contributed by atoms with Crippen molar-refractivity contribution in [3.63, 3.8) is 0 Å². The minimum absolute atomic E-state index is 0.0632. The van der Waals surface area contributed by atoms with Gasteiger partial charge in [-0.05, 0) is 86.2 Å². The maximum atomic E-state index is 14.3. The lowest BCUT2D eigenvalue weighted by atomic mass is 9.82. The second-order valence-electron chi connectivity index (χ2n) is 19.2. The quantitative estimate of drug-likeness (QED) is 0.0295. The third-order valence-electron chi connectivity index (χ3n) is 14.4. The van der Waals surface area contributed by atoms with Crippen molar-refractivity contribution in [1.29, 1.82) is 0 Å². The molecule has 5 heterocycles. The number of amides is 1. The number of ketones is 1. The molecule has 9 rings (SSSR count). The van der Waals surface area contributed by atoms with Crippen LogP contribution in [0.3, 0.4) is 0 Å². The summed E-state index contributed by atoms with van der Waals surface area (Å²) in [5, 5.41) is 12.2. The van der Waals surface area contributed by atoms with Gasteiger partial charge in [0.05, 0.1) is 43.7 Å². The number of benzene rings is 4. The van der Waals surface area contributed by atoms with E-state index < -0.39 is 6.09 Å². The first-order chi connectivity index (χ1) is 35.5. The molecule has 3 aliphatic heterocycles.